The van der Waals surface area contributed by atoms with Crippen LogP contribution in [0.5, 0.6) is 5.75 Å². The molecule has 0 spiro atoms. The van der Waals surface area contributed by atoms with Gasteiger partial charge in [-0.3, -0.25) is 4.99 Å². The Morgan fingerprint density at radius 3 is 2.73 bits per heavy atom. The minimum atomic E-state index is -1.12. The van der Waals surface area contributed by atoms with Crippen molar-refractivity contribution < 1.29 is 19.7 Å². The second-order valence-corrected chi connectivity index (χ2v) is 6.55. The van der Waals surface area contributed by atoms with Crippen LogP contribution in [0.4, 0.5) is 5.69 Å². The van der Waals surface area contributed by atoms with Crippen LogP contribution < -0.4 is 4.90 Å². The van der Waals surface area contributed by atoms with Gasteiger partial charge in [0.05, 0.1) is 13.2 Å². The van der Waals surface area contributed by atoms with E-state index in [-0.39, 0.29) is 5.75 Å². The van der Waals surface area contributed by atoms with Crippen molar-refractivity contribution in [3.8, 4) is 5.75 Å². The van der Waals surface area contributed by atoms with Gasteiger partial charge >= 0.3 is 5.97 Å². The van der Waals surface area contributed by atoms with Crippen LogP contribution in [0.15, 0.2) is 23.2 Å². The summed E-state index contributed by atoms with van der Waals surface area (Å²) in [6.45, 7) is 4.55. The normalized spacial score (nSPS) is 25.1. The zero-order chi connectivity index (χ0) is 15.7. The largest absolute Gasteiger partial charge is 0.507 e. The lowest BCUT2D eigenvalue weighted by molar-refractivity contribution is -0.141. The van der Waals surface area contributed by atoms with Gasteiger partial charge in [-0.1, -0.05) is 0 Å². The molecule has 0 aromatic heterocycles. The highest BCUT2D eigenvalue weighted by Crippen LogP contribution is 2.35. The van der Waals surface area contributed by atoms with E-state index >= 15 is 0 Å². The van der Waals surface area contributed by atoms with Gasteiger partial charge < -0.3 is 19.8 Å². The number of aliphatic carboxylic acids is 1. The molecule has 0 saturated carbocycles. The lowest BCUT2D eigenvalue weighted by Crippen LogP contribution is -2.36. The van der Waals surface area contributed by atoms with E-state index in [9.17, 15) is 15.0 Å². The summed E-state index contributed by atoms with van der Waals surface area (Å²) in [4.78, 5) is 17.7. The fraction of sp³-hybridized carbons (Fsp3) is 0.467. The maximum atomic E-state index is 11.2. The number of rotatable bonds is 3. The van der Waals surface area contributed by atoms with Gasteiger partial charge in [0.1, 0.15) is 10.8 Å². The Labute approximate surface area is 132 Å². The first-order valence-electron chi connectivity index (χ1n) is 7.12. The van der Waals surface area contributed by atoms with Gasteiger partial charge in [0.15, 0.2) is 5.54 Å². The van der Waals surface area contributed by atoms with Gasteiger partial charge in [-0.05, 0) is 19.1 Å². The molecule has 1 aromatic carbocycles. The first kappa shape index (κ1) is 15.2. The number of thioether (sulfide) groups is 1. The molecule has 0 radical (unpaired) electrons. The number of morpholine rings is 1. The predicted octanol–water partition coefficient (Wildman–Crippen LogP) is 1.57. The van der Waals surface area contributed by atoms with E-state index < -0.39 is 11.5 Å². The summed E-state index contributed by atoms with van der Waals surface area (Å²) < 4.78 is 5.32. The van der Waals surface area contributed by atoms with Crippen molar-refractivity contribution in [3.05, 3.63) is 23.8 Å². The number of aliphatic imine (C=N–C) groups is 1. The first-order valence-corrected chi connectivity index (χ1v) is 8.10. The molecular weight excluding hydrogens is 304 g/mol. The number of ether oxygens (including phenoxy) is 1. The molecule has 7 heteroatoms. The van der Waals surface area contributed by atoms with Crippen LogP contribution in [-0.2, 0) is 9.53 Å². The Morgan fingerprint density at radius 1 is 1.41 bits per heavy atom. The third-order valence-corrected chi connectivity index (χ3v) is 5.18. The second kappa shape index (κ2) is 5.81. The number of hydrogen-bond donors (Lipinski definition) is 2. The molecule has 2 aliphatic rings. The number of phenols is 1. The molecule has 1 fully saturated rings. The third kappa shape index (κ3) is 2.78. The van der Waals surface area contributed by atoms with Crippen molar-refractivity contribution in [1.29, 1.82) is 0 Å². The Morgan fingerprint density at radius 2 is 2.14 bits per heavy atom. The zero-order valence-corrected chi connectivity index (χ0v) is 13.1. The van der Waals surface area contributed by atoms with Gasteiger partial charge in [-0.15, -0.1) is 11.8 Å². The molecule has 2 N–H and O–H groups in total. The van der Waals surface area contributed by atoms with Crippen LogP contribution in [0, 0.1) is 0 Å². The molecule has 118 valence electrons. The number of aromatic hydroxyl groups is 1. The van der Waals surface area contributed by atoms with Crippen LogP contribution in [0.1, 0.15) is 12.5 Å². The van der Waals surface area contributed by atoms with Crippen LogP contribution >= 0.6 is 11.8 Å². The van der Waals surface area contributed by atoms with E-state index in [0.717, 1.165) is 18.8 Å². The summed E-state index contributed by atoms with van der Waals surface area (Å²) in [6.07, 6.45) is 0. The molecule has 1 atom stereocenters. The number of anilines is 1. The molecule has 2 aliphatic heterocycles. The number of carboxylic acids is 1. The minimum absolute atomic E-state index is 0.130. The van der Waals surface area contributed by atoms with Crippen molar-refractivity contribution in [1.82, 2.24) is 0 Å². The van der Waals surface area contributed by atoms with Gasteiger partial charge in [-0.25, -0.2) is 4.79 Å². The molecule has 3 rings (SSSR count). The zero-order valence-electron chi connectivity index (χ0n) is 12.3. The van der Waals surface area contributed by atoms with Crippen LogP contribution in [0.2, 0.25) is 0 Å². The number of benzene rings is 1. The molecule has 22 heavy (non-hydrogen) atoms. The molecule has 6 nitrogen and oxygen atoms in total. The second-order valence-electron chi connectivity index (χ2n) is 5.59. The lowest BCUT2D eigenvalue weighted by Gasteiger charge is -2.29. The molecular formula is C15H18N2O4S. The molecule has 0 unspecified atom stereocenters. The molecule has 0 amide bonds. The first-order chi connectivity index (χ1) is 10.5. The Hall–Kier alpha value is -1.73. The van der Waals surface area contributed by atoms with Crippen LogP contribution in [0.25, 0.3) is 0 Å². The molecule has 2 heterocycles. The van der Waals surface area contributed by atoms with E-state index in [4.69, 9.17) is 4.74 Å². The topological polar surface area (TPSA) is 82.4 Å². The van der Waals surface area contributed by atoms with Crippen molar-refractivity contribution in [2.45, 2.75) is 12.5 Å². The maximum Gasteiger partial charge on any atom is 0.332 e. The predicted molar refractivity (Wildman–Crippen MR) is 86.2 cm³/mol. The number of nitrogens with zero attached hydrogens (tertiary/aromatic N) is 2. The SMILES string of the molecule is C[C@]1(C(=O)O)CSC(c2ccc(N3CCOCC3)cc2O)=N1. The molecule has 0 aliphatic carbocycles. The average Bonchev–Trinajstić information content (AvgIpc) is 2.92. The minimum Gasteiger partial charge on any atom is -0.507 e. The summed E-state index contributed by atoms with van der Waals surface area (Å²) in [5, 5.41) is 20.1. The summed E-state index contributed by atoms with van der Waals surface area (Å²) in [5.74, 6) is -0.438. The van der Waals surface area contributed by atoms with Crippen LogP contribution in [0.3, 0.4) is 0 Å². The lowest BCUT2D eigenvalue weighted by atomic mass is 10.1. The van der Waals surface area contributed by atoms with Gasteiger partial charge in [-0.2, -0.15) is 0 Å². The summed E-state index contributed by atoms with van der Waals surface area (Å²) >= 11 is 1.36. The van der Waals surface area contributed by atoms with Crippen LogP contribution in [-0.4, -0.2) is 58.8 Å². The Kier molecular flexibility index (Phi) is 4.01. The highest BCUT2D eigenvalue weighted by Gasteiger charge is 2.39. The van der Waals surface area contributed by atoms with E-state index in [0.29, 0.717) is 29.6 Å². The quantitative estimate of drug-likeness (QED) is 0.879. The standard InChI is InChI=1S/C15H18N2O4S/c1-15(14(19)20)9-22-13(16-15)11-3-2-10(8-12(11)18)17-4-6-21-7-5-17/h2-3,8,18H,4-7,9H2,1H3,(H,19,20)/t15-/m1/s1. The van der Waals surface area contributed by atoms with Crippen molar-refractivity contribution in [2.75, 3.05) is 37.0 Å². The average molecular weight is 322 g/mol. The monoisotopic (exact) mass is 322 g/mol. The Bertz CT molecular complexity index is 628. The molecule has 1 saturated heterocycles. The number of carboxylic acid groups (broad SMARTS) is 1. The van der Waals surface area contributed by atoms with Crippen molar-refractivity contribution >= 4 is 28.5 Å². The summed E-state index contributed by atoms with van der Waals surface area (Å²) in [7, 11) is 0. The summed E-state index contributed by atoms with van der Waals surface area (Å²) in [5.41, 5.74) is 0.413. The van der Waals surface area contributed by atoms with Gasteiger partial charge in [0.2, 0.25) is 0 Å². The van der Waals surface area contributed by atoms with E-state index in [1.165, 1.54) is 11.8 Å². The number of carbonyl (C=O) groups is 1. The Balaban J connectivity index is 1.85. The third-order valence-electron chi connectivity index (χ3n) is 3.89. The fourth-order valence-corrected chi connectivity index (χ4v) is 3.66. The molecule has 1 aromatic rings. The summed E-state index contributed by atoms with van der Waals surface area (Å²) in [6, 6.07) is 5.44. The fourth-order valence-electron chi connectivity index (χ4n) is 2.46. The highest BCUT2D eigenvalue weighted by molar-refractivity contribution is 8.14. The van der Waals surface area contributed by atoms with E-state index in [1.54, 1.807) is 19.1 Å². The number of phenolic OH excluding ortho intramolecular Hbond substituents is 1. The van der Waals surface area contributed by atoms with Gasteiger partial charge in [0.25, 0.3) is 0 Å². The smallest absolute Gasteiger partial charge is 0.332 e. The van der Waals surface area contributed by atoms with E-state index in [1.807, 2.05) is 6.07 Å². The highest BCUT2D eigenvalue weighted by atomic mass is 32.2. The van der Waals surface area contributed by atoms with E-state index in [2.05, 4.69) is 9.89 Å². The van der Waals surface area contributed by atoms with Gasteiger partial charge in [0, 0.05) is 36.2 Å². The molecule has 0 bridgehead atoms. The van der Waals surface area contributed by atoms with Crippen molar-refractivity contribution in [2.24, 2.45) is 4.99 Å². The van der Waals surface area contributed by atoms with Crippen molar-refractivity contribution in [3.63, 3.8) is 0 Å². The maximum absolute atomic E-state index is 11.2. The number of hydrogen-bond acceptors (Lipinski definition) is 6.